The third-order valence-electron chi connectivity index (χ3n) is 2.99. The van der Waals surface area contributed by atoms with Crippen molar-refractivity contribution in [3.8, 4) is 0 Å². The first-order chi connectivity index (χ1) is 7.15. The highest BCUT2D eigenvalue weighted by molar-refractivity contribution is 5.85. The monoisotopic (exact) mass is 213 g/mol. The minimum Gasteiger partial charge on any atom is -0.368 e. The first kappa shape index (κ1) is 12.0. The highest BCUT2D eigenvalue weighted by atomic mass is 16.2. The van der Waals surface area contributed by atoms with E-state index < -0.39 is 5.91 Å². The predicted molar refractivity (Wildman–Crippen MR) is 56.7 cm³/mol. The van der Waals surface area contributed by atoms with E-state index in [4.69, 9.17) is 11.5 Å². The van der Waals surface area contributed by atoms with Crippen LogP contribution in [0.3, 0.4) is 0 Å². The molecule has 1 saturated carbocycles. The zero-order chi connectivity index (χ0) is 11.3. The average Bonchev–Trinajstić information content (AvgIpc) is 2.25. The molecule has 0 heterocycles. The fraction of sp³-hybridized carbons (Fsp3) is 0.800. The molecule has 5 N–H and O–H groups in total. The summed E-state index contributed by atoms with van der Waals surface area (Å²) in [5.41, 5.74) is 10.6. The van der Waals surface area contributed by atoms with E-state index in [2.05, 4.69) is 5.32 Å². The molecule has 2 amide bonds. The molecule has 0 bridgehead atoms. The number of primary amides is 1. The van der Waals surface area contributed by atoms with Gasteiger partial charge in [0.2, 0.25) is 11.8 Å². The van der Waals surface area contributed by atoms with Gasteiger partial charge in [-0.25, -0.2) is 0 Å². The number of nitrogens with two attached hydrogens (primary N) is 2. The fourth-order valence-corrected chi connectivity index (χ4v) is 2.14. The maximum absolute atomic E-state index is 11.7. The Labute approximate surface area is 89.6 Å². The molecule has 1 aliphatic rings. The van der Waals surface area contributed by atoms with Gasteiger partial charge in [-0.2, -0.15) is 0 Å². The second-order valence-corrected chi connectivity index (χ2v) is 4.07. The van der Waals surface area contributed by atoms with E-state index in [1.54, 1.807) is 0 Å². The van der Waals surface area contributed by atoms with Crippen LogP contribution in [0, 0.1) is 11.8 Å². The van der Waals surface area contributed by atoms with Crippen LogP contribution in [0.25, 0.3) is 0 Å². The molecule has 86 valence electrons. The molecule has 0 aromatic carbocycles. The molecular formula is C10H19N3O2. The van der Waals surface area contributed by atoms with Gasteiger partial charge in [0.25, 0.3) is 0 Å². The lowest BCUT2D eigenvalue weighted by Crippen LogP contribution is -2.42. The largest absolute Gasteiger partial charge is 0.368 e. The Morgan fingerprint density at radius 1 is 1.27 bits per heavy atom. The van der Waals surface area contributed by atoms with Gasteiger partial charge in [-0.3, -0.25) is 9.59 Å². The van der Waals surface area contributed by atoms with Crippen LogP contribution in [-0.2, 0) is 9.59 Å². The van der Waals surface area contributed by atoms with E-state index in [1.807, 2.05) is 0 Å². The highest BCUT2D eigenvalue weighted by Gasteiger charge is 2.29. The first-order valence-electron chi connectivity index (χ1n) is 5.41. The molecule has 2 unspecified atom stereocenters. The normalized spacial score (nSPS) is 25.9. The van der Waals surface area contributed by atoms with Gasteiger partial charge in [0.1, 0.15) is 0 Å². The lowest BCUT2D eigenvalue weighted by molar-refractivity contribution is -0.129. The van der Waals surface area contributed by atoms with Crippen molar-refractivity contribution in [2.45, 2.75) is 25.7 Å². The van der Waals surface area contributed by atoms with Gasteiger partial charge < -0.3 is 16.8 Å². The van der Waals surface area contributed by atoms with Crippen molar-refractivity contribution in [1.82, 2.24) is 5.32 Å². The number of hydrogen-bond donors (Lipinski definition) is 3. The maximum atomic E-state index is 11.7. The van der Waals surface area contributed by atoms with Crippen molar-refractivity contribution in [2.24, 2.45) is 23.3 Å². The fourth-order valence-electron chi connectivity index (χ4n) is 2.14. The van der Waals surface area contributed by atoms with Crippen molar-refractivity contribution in [3.05, 3.63) is 0 Å². The Morgan fingerprint density at radius 2 is 1.93 bits per heavy atom. The Kier molecular flexibility index (Phi) is 4.55. The van der Waals surface area contributed by atoms with Crippen molar-refractivity contribution in [2.75, 3.05) is 13.1 Å². The number of amides is 2. The molecule has 0 aliphatic heterocycles. The molecule has 5 nitrogen and oxygen atoms in total. The number of rotatable bonds is 4. The summed E-state index contributed by atoms with van der Waals surface area (Å²) in [4.78, 5) is 22.2. The zero-order valence-corrected chi connectivity index (χ0v) is 8.87. The van der Waals surface area contributed by atoms with Crippen LogP contribution in [0.15, 0.2) is 0 Å². The molecule has 1 aliphatic carbocycles. The topological polar surface area (TPSA) is 98.2 Å². The van der Waals surface area contributed by atoms with Crippen molar-refractivity contribution >= 4 is 11.8 Å². The average molecular weight is 213 g/mol. The van der Waals surface area contributed by atoms with Crippen molar-refractivity contribution < 1.29 is 9.59 Å². The van der Waals surface area contributed by atoms with Gasteiger partial charge in [0.15, 0.2) is 0 Å². The third kappa shape index (κ3) is 3.51. The second-order valence-electron chi connectivity index (χ2n) is 4.07. The summed E-state index contributed by atoms with van der Waals surface area (Å²) in [6.07, 6.45) is 4.07. The molecule has 15 heavy (non-hydrogen) atoms. The number of carbonyl (C=O) groups is 2. The van der Waals surface area contributed by atoms with Crippen LogP contribution in [0.1, 0.15) is 25.7 Å². The maximum Gasteiger partial charge on any atom is 0.236 e. The lowest BCUT2D eigenvalue weighted by atomic mass is 9.79. The minimum atomic E-state index is -0.511. The van der Waals surface area contributed by atoms with E-state index in [1.165, 1.54) is 0 Å². The van der Waals surface area contributed by atoms with Crippen molar-refractivity contribution in [1.29, 1.82) is 0 Å². The number of nitrogens with one attached hydrogen (secondary N) is 1. The third-order valence-corrected chi connectivity index (χ3v) is 2.99. The Balaban J connectivity index is 2.44. The van der Waals surface area contributed by atoms with Gasteiger partial charge >= 0.3 is 0 Å². The van der Waals surface area contributed by atoms with E-state index in [0.717, 1.165) is 25.7 Å². The van der Waals surface area contributed by atoms with Crippen LogP contribution < -0.4 is 16.8 Å². The van der Waals surface area contributed by atoms with E-state index in [-0.39, 0.29) is 24.3 Å². The summed E-state index contributed by atoms with van der Waals surface area (Å²) >= 11 is 0. The summed E-state index contributed by atoms with van der Waals surface area (Å²) in [5.74, 6) is -0.373. The molecule has 0 aromatic rings. The van der Waals surface area contributed by atoms with Gasteiger partial charge in [-0.15, -0.1) is 0 Å². The Morgan fingerprint density at radius 3 is 2.53 bits per heavy atom. The van der Waals surface area contributed by atoms with E-state index in [9.17, 15) is 9.59 Å². The zero-order valence-electron chi connectivity index (χ0n) is 8.87. The second kappa shape index (κ2) is 5.70. The van der Waals surface area contributed by atoms with Gasteiger partial charge in [-0.1, -0.05) is 12.8 Å². The summed E-state index contributed by atoms with van der Waals surface area (Å²) in [7, 11) is 0. The van der Waals surface area contributed by atoms with Crippen LogP contribution in [0.5, 0.6) is 0 Å². The van der Waals surface area contributed by atoms with Gasteiger partial charge in [0.05, 0.1) is 6.54 Å². The number of hydrogen-bond acceptors (Lipinski definition) is 3. The first-order valence-corrected chi connectivity index (χ1v) is 5.41. The summed E-state index contributed by atoms with van der Waals surface area (Å²) < 4.78 is 0. The van der Waals surface area contributed by atoms with Crippen LogP contribution in [0.2, 0.25) is 0 Å². The van der Waals surface area contributed by atoms with Crippen LogP contribution in [0.4, 0.5) is 0 Å². The van der Waals surface area contributed by atoms with Gasteiger partial charge in [-0.05, 0) is 25.3 Å². The summed E-state index contributed by atoms with van der Waals surface area (Å²) in [5, 5.41) is 2.55. The minimum absolute atomic E-state index is 0.0388. The summed E-state index contributed by atoms with van der Waals surface area (Å²) in [6, 6.07) is 0. The molecule has 0 saturated heterocycles. The quantitative estimate of drug-likeness (QED) is 0.579. The highest BCUT2D eigenvalue weighted by Crippen LogP contribution is 2.29. The Bertz CT molecular complexity index is 243. The molecule has 1 fully saturated rings. The molecule has 0 radical (unpaired) electrons. The standard InChI is InChI=1S/C10H19N3O2/c11-5-7-3-1-2-4-8(7)10(15)13-6-9(12)14/h7-8H,1-6,11H2,(H2,12,14)(H,13,15). The molecule has 5 heteroatoms. The van der Waals surface area contributed by atoms with Crippen LogP contribution in [-0.4, -0.2) is 24.9 Å². The molecule has 1 rings (SSSR count). The Hall–Kier alpha value is -1.10. The van der Waals surface area contributed by atoms with Crippen LogP contribution >= 0.6 is 0 Å². The molecular weight excluding hydrogens is 194 g/mol. The smallest absolute Gasteiger partial charge is 0.236 e. The van der Waals surface area contributed by atoms with E-state index in [0.29, 0.717) is 6.54 Å². The van der Waals surface area contributed by atoms with Crippen molar-refractivity contribution in [3.63, 3.8) is 0 Å². The number of carbonyl (C=O) groups excluding carboxylic acids is 2. The summed E-state index contributed by atoms with van der Waals surface area (Å²) in [6.45, 7) is 0.460. The van der Waals surface area contributed by atoms with Gasteiger partial charge in [0, 0.05) is 5.92 Å². The molecule has 0 aromatic heterocycles. The molecule has 0 spiro atoms. The predicted octanol–water partition coefficient (Wildman–Crippen LogP) is -0.647. The lowest BCUT2D eigenvalue weighted by Gasteiger charge is -2.29. The SMILES string of the molecule is NCC1CCCCC1C(=O)NCC(N)=O. The van der Waals surface area contributed by atoms with E-state index >= 15 is 0 Å². The molecule has 2 atom stereocenters.